The van der Waals surface area contributed by atoms with Crippen molar-refractivity contribution in [2.24, 2.45) is 0 Å². The molecule has 22 heavy (non-hydrogen) atoms. The molecule has 0 aromatic heterocycles. The van der Waals surface area contributed by atoms with Gasteiger partial charge < -0.3 is 5.11 Å². The second kappa shape index (κ2) is 5.87. The third kappa shape index (κ3) is 3.09. The van der Waals surface area contributed by atoms with E-state index in [1.165, 1.54) is 10.6 Å². The number of phenolic OH excluding ortho intramolecular Hbond substituents is 1. The Kier molecular flexibility index (Phi) is 4.08. The van der Waals surface area contributed by atoms with Gasteiger partial charge in [0.1, 0.15) is 5.75 Å². The van der Waals surface area contributed by atoms with E-state index in [1.54, 1.807) is 6.07 Å². The van der Waals surface area contributed by atoms with Gasteiger partial charge in [0, 0.05) is 38.3 Å². The molecule has 3 rings (SSSR count). The smallest absolute Gasteiger partial charge is 0.211 e. The van der Waals surface area contributed by atoms with Crippen LogP contribution >= 0.6 is 0 Å². The summed E-state index contributed by atoms with van der Waals surface area (Å²) >= 11 is 0. The van der Waals surface area contributed by atoms with E-state index in [0.717, 1.165) is 16.3 Å². The molecule has 1 aliphatic heterocycles. The summed E-state index contributed by atoms with van der Waals surface area (Å²) in [4.78, 5) is 2.18. The Morgan fingerprint density at radius 1 is 1.05 bits per heavy atom. The Morgan fingerprint density at radius 3 is 2.41 bits per heavy atom. The van der Waals surface area contributed by atoms with Crippen molar-refractivity contribution >= 4 is 20.8 Å². The van der Waals surface area contributed by atoms with E-state index < -0.39 is 10.0 Å². The Bertz CT molecular complexity index is 781. The van der Waals surface area contributed by atoms with Crippen LogP contribution < -0.4 is 0 Å². The first-order valence-electron chi connectivity index (χ1n) is 7.32. The average Bonchev–Trinajstić information content (AvgIpc) is 2.50. The van der Waals surface area contributed by atoms with Gasteiger partial charge in [-0.25, -0.2) is 8.42 Å². The van der Waals surface area contributed by atoms with Crippen molar-refractivity contribution in [2.45, 2.75) is 6.54 Å². The molecule has 2 aromatic rings. The standard InChI is InChI=1S/C16H20N2O3S/c1-22(20,21)18-10-8-17(9-11-18)12-15-14-5-3-2-4-13(14)6-7-16(15)19/h2-7,19H,8-12H2,1H3. The molecule has 1 aliphatic rings. The lowest BCUT2D eigenvalue weighted by Gasteiger charge is -2.33. The predicted octanol–water partition coefficient (Wildman–Crippen LogP) is 1.62. The first-order chi connectivity index (χ1) is 10.4. The molecule has 1 heterocycles. The van der Waals surface area contributed by atoms with Crippen molar-refractivity contribution in [3.05, 3.63) is 42.0 Å². The summed E-state index contributed by atoms with van der Waals surface area (Å²) < 4.78 is 24.6. The molecular formula is C16H20N2O3S. The molecule has 0 aliphatic carbocycles. The van der Waals surface area contributed by atoms with Crippen LogP contribution in [0.4, 0.5) is 0 Å². The number of benzene rings is 2. The molecule has 1 fully saturated rings. The van der Waals surface area contributed by atoms with Crippen molar-refractivity contribution in [3.63, 3.8) is 0 Å². The molecular weight excluding hydrogens is 300 g/mol. The normalized spacial score (nSPS) is 17.9. The predicted molar refractivity (Wildman–Crippen MR) is 87.3 cm³/mol. The highest BCUT2D eigenvalue weighted by atomic mass is 32.2. The summed E-state index contributed by atoms with van der Waals surface area (Å²) in [5, 5.41) is 12.3. The van der Waals surface area contributed by atoms with Gasteiger partial charge in [-0.1, -0.05) is 30.3 Å². The molecule has 1 saturated heterocycles. The summed E-state index contributed by atoms with van der Waals surface area (Å²) in [5.74, 6) is 0.296. The van der Waals surface area contributed by atoms with Gasteiger partial charge in [-0.15, -0.1) is 0 Å². The molecule has 0 saturated carbocycles. The molecule has 5 nitrogen and oxygen atoms in total. The summed E-state index contributed by atoms with van der Waals surface area (Å²) in [7, 11) is -3.11. The van der Waals surface area contributed by atoms with E-state index in [4.69, 9.17) is 0 Å². The number of aromatic hydroxyl groups is 1. The summed E-state index contributed by atoms with van der Waals surface area (Å²) in [6.07, 6.45) is 1.25. The molecule has 6 heteroatoms. The maximum Gasteiger partial charge on any atom is 0.211 e. The van der Waals surface area contributed by atoms with Gasteiger partial charge in [0.15, 0.2) is 0 Å². The summed E-state index contributed by atoms with van der Waals surface area (Å²) in [6.45, 7) is 2.99. The van der Waals surface area contributed by atoms with Crippen LogP contribution in [0.5, 0.6) is 5.75 Å². The van der Waals surface area contributed by atoms with Gasteiger partial charge in [-0.2, -0.15) is 4.31 Å². The second-order valence-electron chi connectivity index (χ2n) is 5.72. The Labute approximate surface area is 130 Å². The molecule has 0 radical (unpaired) electrons. The molecule has 0 atom stereocenters. The van der Waals surface area contributed by atoms with Gasteiger partial charge in [0.2, 0.25) is 10.0 Å². The van der Waals surface area contributed by atoms with E-state index in [1.807, 2.05) is 30.3 Å². The molecule has 1 N–H and O–H groups in total. The maximum absolute atomic E-state index is 11.5. The number of rotatable bonds is 3. The van der Waals surface area contributed by atoms with Gasteiger partial charge in [0.05, 0.1) is 6.26 Å². The number of piperazine rings is 1. The fraction of sp³-hybridized carbons (Fsp3) is 0.375. The van der Waals surface area contributed by atoms with Gasteiger partial charge in [-0.3, -0.25) is 4.90 Å². The molecule has 2 aromatic carbocycles. The van der Waals surface area contributed by atoms with Crippen molar-refractivity contribution in [1.29, 1.82) is 0 Å². The number of hydrogen-bond donors (Lipinski definition) is 1. The van der Waals surface area contributed by atoms with E-state index >= 15 is 0 Å². The van der Waals surface area contributed by atoms with E-state index in [0.29, 0.717) is 38.5 Å². The van der Waals surface area contributed by atoms with Crippen molar-refractivity contribution < 1.29 is 13.5 Å². The van der Waals surface area contributed by atoms with Crippen LogP contribution in [0.3, 0.4) is 0 Å². The molecule has 0 unspecified atom stereocenters. The van der Waals surface area contributed by atoms with Crippen molar-refractivity contribution in [1.82, 2.24) is 9.21 Å². The lowest BCUT2D eigenvalue weighted by atomic mass is 10.0. The zero-order valence-corrected chi connectivity index (χ0v) is 13.4. The van der Waals surface area contributed by atoms with Crippen molar-refractivity contribution in [3.8, 4) is 5.75 Å². The van der Waals surface area contributed by atoms with Crippen LogP contribution in [0.1, 0.15) is 5.56 Å². The zero-order chi connectivity index (χ0) is 15.7. The van der Waals surface area contributed by atoms with Crippen LogP contribution in [-0.4, -0.2) is 55.2 Å². The number of fused-ring (bicyclic) bond motifs is 1. The van der Waals surface area contributed by atoms with Gasteiger partial charge in [-0.05, 0) is 16.8 Å². The maximum atomic E-state index is 11.5. The highest BCUT2D eigenvalue weighted by Crippen LogP contribution is 2.28. The van der Waals surface area contributed by atoms with Crippen LogP contribution in [0.2, 0.25) is 0 Å². The minimum absolute atomic E-state index is 0.296. The average molecular weight is 320 g/mol. The monoisotopic (exact) mass is 320 g/mol. The zero-order valence-electron chi connectivity index (χ0n) is 12.6. The van der Waals surface area contributed by atoms with Crippen LogP contribution in [0.25, 0.3) is 10.8 Å². The SMILES string of the molecule is CS(=O)(=O)N1CCN(Cc2c(O)ccc3ccccc23)CC1. The first-order valence-corrected chi connectivity index (χ1v) is 9.17. The molecule has 0 bridgehead atoms. The minimum Gasteiger partial charge on any atom is -0.508 e. The number of nitrogens with zero attached hydrogens (tertiary/aromatic N) is 2. The topological polar surface area (TPSA) is 60.9 Å². The molecule has 0 amide bonds. The fourth-order valence-electron chi connectivity index (χ4n) is 2.93. The van der Waals surface area contributed by atoms with Crippen LogP contribution in [0, 0.1) is 0 Å². The third-order valence-electron chi connectivity index (χ3n) is 4.20. The number of sulfonamides is 1. The van der Waals surface area contributed by atoms with Crippen LogP contribution in [-0.2, 0) is 16.6 Å². The first kappa shape index (κ1) is 15.3. The number of hydrogen-bond acceptors (Lipinski definition) is 4. The van der Waals surface area contributed by atoms with Crippen molar-refractivity contribution in [2.75, 3.05) is 32.4 Å². The lowest BCUT2D eigenvalue weighted by Crippen LogP contribution is -2.47. The highest BCUT2D eigenvalue weighted by molar-refractivity contribution is 7.88. The van der Waals surface area contributed by atoms with Gasteiger partial charge >= 0.3 is 0 Å². The van der Waals surface area contributed by atoms with Gasteiger partial charge in [0.25, 0.3) is 0 Å². The summed E-state index contributed by atoms with van der Waals surface area (Å²) in [5.41, 5.74) is 0.908. The molecule has 118 valence electrons. The largest absolute Gasteiger partial charge is 0.508 e. The summed E-state index contributed by atoms with van der Waals surface area (Å²) in [6, 6.07) is 11.6. The van der Waals surface area contributed by atoms with E-state index in [-0.39, 0.29) is 0 Å². The van der Waals surface area contributed by atoms with E-state index in [9.17, 15) is 13.5 Å². The number of phenols is 1. The highest BCUT2D eigenvalue weighted by Gasteiger charge is 2.24. The Morgan fingerprint density at radius 2 is 1.73 bits per heavy atom. The quantitative estimate of drug-likeness (QED) is 0.933. The lowest BCUT2D eigenvalue weighted by molar-refractivity contribution is 0.181. The second-order valence-corrected chi connectivity index (χ2v) is 7.71. The fourth-order valence-corrected chi connectivity index (χ4v) is 3.76. The Hall–Kier alpha value is -1.63. The third-order valence-corrected chi connectivity index (χ3v) is 5.50. The minimum atomic E-state index is -3.11. The van der Waals surface area contributed by atoms with Crippen LogP contribution in [0.15, 0.2) is 36.4 Å². The molecule has 0 spiro atoms. The Balaban J connectivity index is 1.79. The van der Waals surface area contributed by atoms with E-state index in [2.05, 4.69) is 4.90 Å².